The van der Waals surface area contributed by atoms with E-state index >= 15 is 0 Å². The number of hydrogen-bond acceptors (Lipinski definition) is 6. The maximum absolute atomic E-state index is 12.3. The second-order valence-corrected chi connectivity index (χ2v) is 16.4. The topological polar surface area (TPSA) is 116 Å². The minimum Gasteiger partial charge on any atom is -0.481 e. The minimum atomic E-state index is -1.28. The zero-order valence-corrected chi connectivity index (χ0v) is 26.5. The SMILES string of the molecule is C=C1C(C)CC(C(=O)O)C2CCC3(C)C(=CCC4C5(C)CCC(OC6OCC(O)C(O)C6O)C(C)(C)C5CCC43C)C12. The van der Waals surface area contributed by atoms with Crippen LogP contribution in [0.2, 0.25) is 0 Å². The molecule has 1 saturated heterocycles. The number of carbonyl (C=O) groups is 1. The van der Waals surface area contributed by atoms with E-state index in [1.54, 1.807) is 0 Å². The van der Waals surface area contributed by atoms with E-state index in [9.17, 15) is 25.2 Å². The Morgan fingerprint density at radius 1 is 1.00 bits per heavy atom. The predicted molar refractivity (Wildman–Crippen MR) is 159 cm³/mol. The van der Waals surface area contributed by atoms with Crippen LogP contribution in [-0.2, 0) is 14.3 Å². The van der Waals surface area contributed by atoms with Crippen LogP contribution in [-0.4, -0.2) is 63.7 Å². The van der Waals surface area contributed by atoms with Gasteiger partial charge in [0.2, 0.25) is 0 Å². The van der Waals surface area contributed by atoms with Crippen LogP contribution in [0.1, 0.15) is 92.9 Å². The van der Waals surface area contributed by atoms with Crippen molar-refractivity contribution in [2.45, 2.75) is 124 Å². The van der Waals surface area contributed by atoms with Crippen LogP contribution >= 0.6 is 0 Å². The highest BCUT2D eigenvalue weighted by Gasteiger charge is 2.68. The largest absolute Gasteiger partial charge is 0.481 e. The van der Waals surface area contributed by atoms with Gasteiger partial charge in [-0.3, -0.25) is 4.79 Å². The highest BCUT2D eigenvalue weighted by Crippen LogP contribution is 2.74. The summed E-state index contributed by atoms with van der Waals surface area (Å²) >= 11 is 0. The van der Waals surface area contributed by atoms with Gasteiger partial charge in [-0.15, -0.1) is 0 Å². The van der Waals surface area contributed by atoms with Gasteiger partial charge in [0.05, 0.1) is 18.6 Å². The summed E-state index contributed by atoms with van der Waals surface area (Å²) in [7, 11) is 0. The fraction of sp³-hybridized carbons (Fsp3) is 0.857. The molecule has 6 rings (SSSR count). The van der Waals surface area contributed by atoms with Crippen molar-refractivity contribution in [2.24, 2.45) is 57.2 Å². The number of carboxylic acid groups (broad SMARTS) is 1. The number of ether oxygens (including phenoxy) is 2. The van der Waals surface area contributed by atoms with Crippen LogP contribution < -0.4 is 0 Å². The van der Waals surface area contributed by atoms with Crippen molar-refractivity contribution in [3.63, 3.8) is 0 Å². The smallest absolute Gasteiger partial charge is 0.306 e. The Kier molecular flexibility index (Phi) is 7.42. The van der Waals surface area contributed by atoms with E-state index in [0.717, 1.165) is 44.9 Å². The van der Waals surface area contributed by atoms with Crippen LogP contribution in [0.25, 0.3) is 0 Å². The minimum absolute atomic E-state index is 0.0165. The lowest BCUT2D eigenvalue weighted by atomic mass is 9.34. The first-order valence-electron chi connectivity index (χ1n) is 16.5. The summed E-state index contributed by atoms with van der Waals surface area (Å²) in [5, 5.41) is 40.9. The van der Waals surface area contributed by atoms with Gasteiger partial charge >= 0.3 is 5.97 Å². The zero-order valence-electron chi connectivity index (χ0n) is 26.5. The summed E-state index contributed by atoms with van der Waals surface area (Å²) in [4.78, 5) is 12.3. The molecule has 0 aromatic carbocycles. The second kappa shape index (κ2) is 10.1. The molecule has 6 aliphatic rings. The Morgan fingerprint density at radius 3 is 2.40 bits per heavy atom. The van der Waals surface area contributed by atoms with Crippen molar-refractivity contribution in [2.75, 3.05) is 6.61 Å². The average molecular weight is 587 g/mol. The summed E-state index contributed by atoms with van der Waals surface area (Å²) in [6.45, 7) is 18.9. The summed E-state index contributed by atoms with van der Waals surface area (Å²) in [5.74, 6) is 0.559. The third-order valence-electron chi connectivity index (χ3n) is 14.4. The van der Waals surface area contributed by atoms with Crippen molar-refractivity contribution in [3.05, 3.63) is 23.8 Å². The molecular weight excluding hydrogens is 532 g/mol. The number of fused-ring (bicyclic) bond motifs is 7. The van der Waals surface area contributed by atoms with Crippen molar-refractivity contribution < 1.29 is 34.7 Å². The number of aliphatic hydroxyl groups is 3. The van der Waals surface area contributed by atoms with Gasteiger partial charge in [-0.25, -0.2) is 0 Å². The Morgan fingerprint density at radius 2 is 1.71 bits per heavy atom. The van der Waals surface area contributed by atoms with E-state index in [0.29, 0.717) is 18.3 Å². The van der Waals surface area contributed by atoms with Gasteiger partial charge in [-0.1, -0.05) is 65.3 Å². The molecule has 4 saturated carbocycles. The Bertz CT molecular complexity index is 1150. The molecule has 0 radical (unpaired) electrons. The molecule has 236 valence electrons. The number of carboxylic acids is 1. The van der Waals surface area contributed by atoms with Crippen molar-refractivity contribution in [1.82, 2.24) is 0 Å². The Hall–Kier alpha value is -1.25. The normalized spacial score (nSPS) is 53.6. The van der Waals surface area contributed by atoms with E-state index in [-0.39, 0.29) is 58.0 Å². The second-order valence-electron chi connectivity index (χ2n) is 16.4. The lowest BCUT2D eigenvalue weighted by molar-refractivity contribution is -0.308. The van der Waals surface area contributed by atoms with Crippen LogP contribution in [0.4, 0.5) is 0 Å². The van der Waals surface area contributed by atoms with Gasteiger partial charge < -0.3 is 29.9 Å². The van der Waals surface area contributed by atoms with E-state index < -0.39 is 30.6 Å². The molecule has 42 heavy (non-hydrogen) atoms. The molecule has 0 aromatic rings. The summed E-state index contributed by atoms with van der Waals surface area (Å²) in [5.41, 5.74) is 2.81. The molecule has 14 unspecified atom stereocenters. The van der Waals surface area contributed by atoms with E-state index in [1.807, 2.05) is 0 Å². The summed E-state index contributed by atoms with van der Waals surface area (Å²) in [6.07, 6.45) is 5.63. The molecule has 0 amide bonds. The van der Waals surface area contributed by atoms with E-state index in [4.69, 9.17) is 9.47 Å². The third kappa shape index (κ3) is 4.12. The number of aliphatic hydroxyl groups excluding tert-OH is 3. The molecule has 0 aromatic heterocycles. The van der Waals surface area contributed by atoms with Gasteiger partial charge in [-0.05, 0) is 96.7 Å². The van der Waals surface area contributed by atoms with Crippen molar-refractivity contribution >= 4 is 5.97 Å². The van der Waals surface area contributed by atoms with Gasteiger partial charge in [0.1, 0.15) is 18.3 Å². The molecule has 7 heteroatoms. The molecule has 7 nitrogen and oxygen atoms in total. The van der Waals surface area contributed by atoms with Crippen LogP contribution in [0, 0.1) is 57.2 Å². The zero-order chi connectivity index (χ0) is 30.6. The lowest BCUT2D eigenvalue weighted by Gasteiger charge is -2.70. The molecule has 1 aliphatic heterocycles. The monoisotopic (exact) mass is 586 g/mol. The first kappa shape index (κ1) is 30.8. The van der Waals surface area contributed by atoms with Crippen molar-refractivity contribution in [1.29, 1.82) is 0 Å². The molecule has 0 bridgehead atoms. The van der Waals surface area contributed by atoms with Gasteiger partial charge in [0, 0.05) is 5.92 Å². The molecular formula is C35H54O7. The Balaban J connectivity index is 1.29. The number of allylic oxidation sites excluding steroid dienone is 3. The molecule has 14 atom stereocenters. The van der Waals surface area contributed by atoms with Crippen molar-refractivity contribution in [3.8, 4) is 0 Å². The van der Waals surface area contributed by atoms with Crippen LogP contribution in [0.3, 0.4) is 0 Å². The first-order valence-corrected chi connectivity index (χ1v) is 16.5. The van der Waals surface area contributed by atoms with Gasteiger partial charge in [0.25, 0.3) is 0 Å². The van der Waals surface area contributed by atoms with Gasteiger partial charge in [0.15, 0.2) is 6.29 Å². The number of hydrogen-bond donors (Lipinski definition) is 4. The molecule has 5 aliphatic carbocycles. The summed E-state index contributed by atoms with van der Waals surface area (Å²) in [6, 6.07) is 0. The molecule has 5 fully saturated rings. The highest BCUT2D eigenvalue weighted by molar-refractivity contribution is 5.71. The van der Waals surface area contributed by atoms with E-state index in [1.165, 1.54) is 11.1 Å². The molecule has 1 heterocycles. The maximum atomic E-state index is 12.3. The van der Waals surface area contributed by atoms with Crippen LogP contribution in [0.5, 0.6) is 0 Å². The fourth-order valence-corrected chi connectivity index (χ4v) is 11.8. The van der Waals surface area contributed by atoms with Crippen LogP contribution in [0.15, 0.2) is 23.8 Å². The van der Waals surface area contributed by atoms with E-state index in [2.05, 4.69) is 54.2 Å². The number of aliphatic carboxylic acids is 1. The van der Waals surface area contributed by atoms with Gasteiger partial charge in [-0.2, -0.15) is 0 Å². The Labute approximate surface area is 251 Å². The maximum Gasteiger partial charge on any atom is 0.306 e. The number of rotatable bonds is 3. The standard InChI is InChI=1S/C35H54O7/c1-18-16-21(30(39)40)20-10-14-34(6)22(27(20)19(18)2)8-9-25-33(5)13-12-26(32(3,4)24(33)11-15-35(25,34)7)42-31-29(38)28(37)23(36)17-41-31/h8,18,20-21,23-29,31,36-38H,2,9-17H2,1,3-7H3,(H,39,40). The molecule has 0 spiro atoms. The molecule has 4 N–H and O–H groups in total. The quantitative estimate of drug-likeness (QED) is 0.261. The first-order chi connectivity index (χ1) is 19.6. The third-order valence-corrected chi connectivity index (χ3v) is 14.4. The average Bonchev–Trinajstić information content (AvgIpc) is 2.92. The predicted octanol–water partition coefficient (Wildman–Crippen LogP) is 5.33. The fourth-order valence-electron chi connectivity index (χ4n) is 11.8. The lowest BCUT2D eigenvalue weighted by Crippen LogP contribution is -2.65. The highest BCUT2D eigenvalue weighted by atomic mass is 16.7. The summed E-state index contributed by atoms with van der Waals surface area (Å²) < 4.78 is 12.1.